The summed E-state index contributed by atoms with van der Waals surface area (Å²) in [6, 6.07) is 0. The van der Waals surface area contributed by atoms with E-state index < -0.39 is 23.3 Å². The first-order valence-corrected chi connectivity index (χ1v) is 6.12. The van der Waals surface area contributed by atoms with Crippen LogP contribution >= 0.6 is 0 Å². The van der Waals surface area contributed by atoms with E-state index in [-0.39, 0.29) is 25.7 Å². The van der Waals surface area contributed by atoms with E-state index in [1.165, 1.54) is 0 Å². The number of Topliss-reactive ketones (excluding diaryl/α,β-unsaturated/α-hetero) is 1. The molecule has 0 aromatic carbocycles. The highest BCUT2D eigenvalue weighted by molar-refractivity contribution is 6.07. The van der Waals surface area contributed by atoms with Crippen LogP contribution in [0.15, 0.2) is 0 Å². The number of carboxylic acids is 2. The van der Waals surface area contributed by atoms with E-state index in [1.54, 1.807) is 0 Å². The number of carbonyl (C=O) groups excluding carboxylic acids is 1. The number of carbonyl (C=O) groups is 3. The average molecular weight is 259 g/mol. The second-order valence-electron chi connectivity index (χ2n) is 4.40. The second-order valence-corrected chi connectivity index (χ2v) is 4.40. The number of ketones is 1. The molecule has 0 saturated carbocycles. The Morgan fingerprint density at radius 1 is 1.06 bits per heavy atom. The molecule has 6 nitrogen and oxygen atoms in total. The van der Waals surface area contributed by atoms with Crippen molar-refractivity contribution < 1.29 is 24.6 Å². The van der Waals surface area contributed by atoms with Gasteiger partial charge in [0, 0.05) is 12.8 Å². The molecule has 0 spiro atoms. The van der Waals surface area contributed by atoms with Crippen molar-refractivity contribution in [1.29, 1.82) is 0 Å². The number of carboxylic acid groups (broad SMARTS) is 2. The summed E-state index contributed by atoms with van der Waals surface area (Å²) in [5, 5.41) is 17.5. The van der Waals surface area contributed by atoms with Gasteiger partial charge in [-0.1, -0.05) is 19.8 Å². The lowest BCUT2D eigenvalue weighted by Crippen LogP contribution is -2.54. The maximum absolute atomic E-state index is 11.8. The Balaban J connectivity index is 4.45. The van der Waals surface area contributed by atoms with E-state index in [4.69, 9.17) is 15.9 Å². The van der Waals surface area contributed by atoms with Gasteiger partial charge in [-0.15, -0.1) is 0 Å². The molecule has 0 fully saturated rings. The van der Waals surface area contributed by atoms with Gasteiger partial charge in [0.15, 0.2) is 11.3 Å². The predicted octanol–water partition coefficient (Wildman–Crippen LogP) is 1.17. The third-order valence-electron chi connectivity index (χ3n) is 2.85. The molecule has 0 aromatic rings. The lowest BCUT2D eigenvalue weighted by atomic mass is 9.86. The van der Waals surface area contributed by atoms with Gasteiger partial charge in [0.25, 0.3) is 0 Å². The molecule has 0 amide bonds. The first-order valence-electron chi connectivity index (χ1n) is 6.12. The average Bonchev–Trinajstić information content (AvgIpc) is 2.28. The molecule has 0 saturated heterocycles. The SMILES string of the molecule is CCCCCC(=O)C(N)(CCCC(=O)O)C(=O)O. The van der Waals surface area contributed by atoms with Crippen molar-refractivity contribution in [3.8, 4) is 0 Å². The third kappa shape index (κ3) is 5.27. The summed E-state index contributed by atoms with van der Waals surface area (Å²) in [5.74, 6) is -2.93. The van der Waals surface area contributed by atoms with E-state index in [1.807, 2.05) is 6.92 Å². The minimum Gasteiger partial charge on any atom is -0.481 e. The van der Waals surface area contributed by atoms with Crippen molar-refractivity contribution in [2.75, 3.05) is 0 Å². The summed E-state index contributed by atoms with van der Waals surface area (Å²) in [6.07, 6.45) is 2.27. The van der Waals surface area contributed by atoms with E-state index >= 15 is 0 Å². The number of rotatable bonds is 10. The molecule has 0 aliphatic heterocycles. The first-order chi connectivity index (χ1) is 8.34. The summed E-state index contributed by atoms with van der Waals surface area (Å²) < 4.78 is 0. The first kappa shape index (κ1) is 16.6. The van der Waals surface area contributed by atoms with Crippen LogP contribution < -0.4 is 5.73 Å². The van der Waals surface area contributed by atoms with Crippen LogP contribution in [-0.4, -0.2) is 33.5 Å². The Hall–Kier alpha value is -1.43. The standard InChI is InChI=1S/C12H21NO5/c1-2-3-4-6-9(14)12(13,11(17)18)8-5-7-10(15)16/h2-8,13H2,1H3,(H,15,16)(H,17,18). The van der Waals surface area contributed by atoms with Gasteiger partial charge in [-0.05, 0) is 19.3 Å². The van der Waals surface area contributed by atoms with Crippen molar-refractivity contribution in [3.05, 3.63) is 0 Å². The molecule has 1 unspecified atom stereocenters. The van der Waals surface area contributed by atoms with Gasteiger partial charge in [0.2, 0.25) is 0 Å². The van der Waals surface area contributed by atoms with Crippen LogP contribution in [0.4, 0.5) is 0 Å². The van der Waals surface area contributed by atoms with Crippen LogP contribution in [0.3, 0.4) is 0 Å². The van der Waals surface area contributed by atoms with E-state index in [2.05, 4.69) is 0 Å². The van der Waals surface area contributed by atoms with Crippen molar-refractivity contribution in [3.63, 3.8) is 0 Å². The molecular formula is C12H21NO5. The maximum Gasteiger partial charge on any atom is 0.331 e. The van der Waals surface area contributed by atoms with Crippen molar-refractivity contribution in [1.82, 2.24) is 0 Å². The normalized spacial score (nSPS) is 13.9. The molecule has 1 atom stereocenters. The highest BCUT2D eigenvalue weighted by atomic mass is 16.4. The van der Waals surface area contributed by atoms with Gasteiger partial charge < -0.3 is 15.9 Å². The number of unbranched alkanes of at least 4 members (excludes halogenated alkanes) is 2. The van der Waals surface area contributed by atoms with Crippen molar-refractivity contribution >= 4 is 17.7 Å². The van der Waals surface area contributed by atoms with E-state index in [9.17, 15) is 14.4 Å². The summed E-state index contributed by atoms with van der Waals surface area (Å²) in [5.41, 5.74) is 3.67. The molecule has 4 N–H and O–H groups in total. The molecule has 0 aliphatic rings. The fourth-order valence-corrected chi connectivity index (χ4v) is 1.64. The topological polar surface area (TPSA) is 118 Å². The number of aliphatic carboxylic acids is 2. The molecule has 18 heavy (non-hydrogen) atoms. The third-order valence-corrected chi connectivity index (χ3v) is 2.85. The molecule has 0 heterocycles. The van der Waals surface area contributed by atoms with Gasteiger partial charge in [-0.25, -0.2) is 4.79 Å². The Morgan fingerprint density at radius 3 is 2.11 bits per heavy atom. The molecular weight excluding hydrogens is 238 g/mol. The van der Waals surface area contributed by atoms with Gasteiger partial charge >= 0.3 is 11.9 Å². The van der Waals surface area contributed by atoms with Gasteiger partial charge in [-0.2, -0.15) is 0 Å². The lowest BCUT2D eigenvalue weighted by Gasteiger charge is -2.22. The smallest absolute Gasteiger partial charge is 0.331 e. The van der Waals surface area contributed by atoms with Crippen LogP contribution in [0.2, 0.25) is 0 Å². The number of hydrogen-bond donors (Lipinski definition) is 3. The lowest BCUT2D eigenvalue weighted by molar-refractivity contribution is -0.149. The zero-order valence-corrected chi connectivity index (χ0v) is 10.6. The molecule has 0 bridgehead atoms. The summed E-state index contributed by atoms with van der Waals surface area (Å²) >= 11 is 0. The minimum absolute atomic E-state index is 0.0810. The molecule has 6 heteroatoms. The molecule has 0 aliphatic carbocycles. The molecule has 0 radical (unpaired) electrons. The Kier molecular flexibility index (Phi) is 7.19. The Morgan fingerprint density at radius 2 is 1.67 bits per heavy atom. The van der Waals surface area contributed by atoms with Gasteiger partial charge in [0.1, 0.15) is 0 Å². The van der Waals surface area contributed by atoms with Gasteiger partial charge in [-0.3, -0.25) is 9.59 Å². The van der Waals surface area contributed by atoms with Crippen LogP contribution in [0.25, 0.3) is 0 Å². The van der Waals surface area contributed by atoms with Crippen LogP contribution in [0, 0.1) is 0 Å². The minimum atomic E-state index is -1.94. The highest BCUT2D eigenvalue weighted by Gasteiger charge is 2.40. The Bertz CT molecular complexity index is 316. The fourth-order valence-electron chi connectivity index (χ4n) is 1.64. The molecule has 104 valence electrons. The van der Waals surface area contributed by atoms with E-state index in [0.29, 0.717) is 6.42 Å². The van der Waals surface area contributed by atoms with Crippen molar-refractivity contribution in [2.24, 2.45) is 5.73 Å². The summed E-state index contributed by atoms with van der Waals surface area (Å²) in [4.78, 5) is 33.2. The second kappa shape index (κ2) is 7.81. The largest absolute Gasteiger partial charge is 0.481 e. The zero-order valence-electron chi connectivity index (χ0n) is 10.6. The van der Waals surface area contributed by atoms with Gasteiger partial charge in [0.05, 0.1) is 0 Å². The molecule has 0 aromatic heterocycles. The zero-order chi connectivity index (χ0) is 14.2. The molecule has 0 rings (SSSR count). The number of nitrogens with two attached hydrogens (primary N) is 1. The van der Waals surface area contributed by atoms with Crippen LogP contribution in [0.5, 0.6) is 0 Å². The quantitative estimate of drug-likeness (QED) is 0.400. The summed E-state index contributed by atoms with van der Waals surface area (Å²) in [6.45, 7) is 1.98. The fraction of sp³-hybridized carbons (Fsp3) is 0.750. The maximum atomic E-state index is 11.8. The Labute approximate surface area is 106 Å². The predicted molar refractivity (Wildman–Crippen MR) is 65.2 cm³/mol. The van der Waals surface area contributed by atoms with Crippen LogP contribution in [-0.2, 0) is 14.4 Å². The van der Waals surface area contributed by atoms with Crippen molar-refractivity contribution in [2.45, 2.75) is 57.4 Å². The highest BCUT2D eigenvalue weighted by Crippen LogP contribution is 2.17. The van der Waals surface area contributed by atoms with E-state index in [0.717, 1.165) is 12.8 Å². The monoisotopic (exact) mass is 259 g/mol. The van der Waals surface area contributed by atoms with Crippen LogP contribution in [0.1, 0.15) is 51.9 Å². The number of hydrogen-bond acceptors (Lipinski definition) is 4. The summed E-state index contributed by atoms with van der Waals surface area (Å²) in [7, 11) is 0.